The van der Waals surface area contributed by atoms with Crippen LogP contribution in [0.25, 0.3) is 11.5 Å². The number of carboxylic acid groups (broad SMARTS) is 1. The van der Waals surface area contributed by atoms with Crippen LogP contribution in [0.4, 0.5) is 4.79 Å². The van der Waals surface area contributed by atoms with Gasteiger partial charge in [0.1, 0.15) is 17.8 Å². The van der Waals surface area contributed by atoms with Gasteiger partial charge >= 0.3 is 12.1 Å². The van der Waals surface area contributed by atoms with Crippen LogP contribution in [0.3, 0.4) is 0 Å². The second-order valence-electron chi connectivity index (χ2n) is 9.62. The molecule has 2 aromatic carbocycles. The van der Waals surface area contributed by atoms with Crippen LogP contribution in [0.5, 0.6) is 11.5 Å². The number of aliphatic carboxylic acids is 1. The molecule has 11 heteroatoms. The highest BCUT2D eigenvalue weighted by Gasteiger charge is 2.14. The Balaban J connectivity index is 1.35. The molecule has 0 radical (unpaired) electrons. The summed E-state index contributed by atoms with van der Waals surface area (Å²) in [6, 6.07) is 12.9. The van der Waals surface area contributed by atoms with Crippen molar-refractivity contribution in [3.8, 4) is 23.0 Å². The number of hydrogen-bond acceptors (Lipinski definition) is 9. The van der Waals surface area contributed by atoms with Gasteiger partial charge in [0, 0.05) is 31.1 Å². The van der Waals surface area contributed by atoms with Gasteiger partial charge in [0.25, 0.3) is 0 Å². The van der Waals surface area contributed by atoms with E-state index in [1.165, 1.54) is 0 Å². The summed E-state index contributed by atoms with van der Waals surface area (Å²) >= 11 is 0. The maximum Gasteiger partial charge on any atom is 0.407 e. The largest absolute Gasteiger partial charge is 0.493 e. The molecule has 0 aliphatic carbocycles. The number of amides is 1. The van der Waals surface area contributed by atoms with Gasteiger partial charge in [-0.25, -0.2) is 14.8 Å². The van der Waals surface area contributed by atoms with E-state index in [1.54, 1.807) is 37.5 Å². The summed E-state index contributed by atoms with van der Waals surface area (Å²) in [6.45, 7) is 6.56. The van der Waals surface area contributed by atoms with Crippen molar-refractivity contribution < 1.29 is 33.4 Å². The number of aromatic nitrogens is 1. The zero-order chi connectivity index (χ0) is 29.2. The van der Waals surface area contributed by atoms with Crippen molar-refractivity contribution in [2.45, 2.75) is 52.7 Å². The van der Waals surface area contributed by atoms with E-state index in [1.807, 2.05) is 49.4 Å². The van der Waals surface area contributed by atoms with Gasteiger partial charge in [0.15, 0.2) is 5.75 Å². The summed E-state index contributed by atoms with van der Waals surface area (Å²) in [7, 11) is 0. The second-order valence-corrected chi connectivity index (χ2v) is 9.62. The van der Waals surface area contributed by atoms with E-state index in [4.69, 9.17) is 23.8 Å². The summed E-state index contributed by atoms with van der Waals surface area (Å²) in [5.41, 5.74) is 3.19. The van der Waals surface area contributed by atoms with Crippen LogP contribution in [0.2, 0.25) is 0 Å². The molecule has 0 saturated carbocycles. The van der Waals surface area contributed by atoms with Crippen molar-refractivity contribution in [2.24, 2.45) is 4.99 Å². The standard InChI is InChI=1S/C30H34N4O7/c1-20(2)39-30(37)32-18-24-17-26(11-5-22(24)8-12-28(35)36)38-16-13-27-21(3)40-29(33-27)23-6-9-25(10-7-23)41-34-15-4-14-31-19-34/h4-7,9-11,14,17,19-20H,8,12-13,15-16,18H2,1-3H3,(H,32,37)(H,35,36). The molecule has 216 valence electrons. The third-order valence-corrected chi connectivity index (χ3v) is 6.05. The molecular formula is C30H34N4O7. The maximum absolute atomic E-state index is 12.0. The van der Waals surface area contributed by atoms with E-state index < -0.39 is 12.1 Å². The highest BCUT2D eigenvalue weighted by molar-refractivity contribution is 5.68. The zero-order valence-corrected chi connectivity index (χ0v) is 23.3. The molecule has 3 aromatic rings. The van der Waals surface area contributed by atoms with E-state index in [0.29, 0.717) is 49.1 Å². The number of hydroxylamine groups is 2. The number of carbonyl (C=O) groups excluding carboxylic acids is 1. The molecule has 0 unspecified atom stereocenters. The molecule has 11 nitrogen and oxygen atoms in total. The van der Waals surface area contributed by atoms with Gasteiger partial charge in [-0.15, -0.1) is 0 Å². The number of carboxylic acids is 1. The smallest absolute Gasteiger partial charge is 0.407 e. The Hall–Kier alpha value is -4.80. The number of aryl methyl sites for hydroxylation is 2. The number of aliphatic imine (C=N–C) groups is 1. The Kier molecular flexibility index (Phi) is 9.98. The number of nitrogens with zero attached hydrogens (tertiary/aromatic N) is 3. The lowest BCUT2D eigenvalue weighted by Gasteiger charge is -2.19. The number of oxazole rings is 1. The van der Waals surface area contributed by atoms with Gasteiger partial charge in [-0.05, 0) is 80.8 Å². The van der Waals surface area contributed by atoms with Gasteiger partial charge in [-0.3, -0.25) is 4.79 Å². The fraction of sp³-hybridized carbons (Fsp3) is 0.333. The van der Waals surface area contributed by atoms with Crippen LogP contribution in [0.15, 0.2) is 64.2 Å². The van der Waals surface area contributed by atoms with E-state index in [-0.39, 0.29) is 19.1 Å². The van der Waals surface area contributed by atoms with Crippen LogP contribution < -0.4 is 14.9 Å². The van der Waals surface area contributed by atoms with Crippen LogP contribution in [0, 0.1) is 6.92 Å². The first-order valence-electron chi connectivity index (χ1n) is 13.4. The summed E-state index contributed by atoms with van der Waals surface area (Å²) in [5, 5.41) is 13.4. The van der Waals surface area contributed by atoms with Gasteiger partial charge < -0.3 is 29.2 Å². The SMILES string of the molecule is Cc1oc(-c2ccc(ON3C=NC=CC3)cc2)nc1CCOc1ccc(CCC(=O)O)c(CNC(=O)OC(C)C)c1. The first-order valence-corrected chi connectivity index (χ1v) is 13.4. The Morgan fingerprint density at radius 3 is 2.59 bits per heavy atom. The molecule has 2 heterocycles. The predicted octanol–water partition coefficient (Wildman–Crippen LogP) is 5.07. The third-order valence-electron chi connectivity index (χ3n) is 6.05. The van der Waals surface area contributed by atoms with Gasteiger partial charge in [-0.2, -0.15) is 5.06 Å². The molecule has 0 atom stereocenters. The first kappa shape index (κ1) is 29.2. The lowest BCUT2D eigenvalue weighted by Crippen LogP contribution is -2.27. The van der Waals surface area contributed by atoms with Crippen molar-refractivity contribution >= 4 is 18.4 Å². The highest BCUT2D eigenvalue weighted by Crippen LogP contribution is 2.25. The van der Waals surface area contributed by atoms with Crippen LogP contribution >= 0.6 is 0 Å². The molecule has 0 bridgehead atoms. The molecule has 1 aromatic heterocycles. The lowest BCUT2D eigenvalue weighted by atomic mass is 10.0. The number of hydrogen-bond donors (Lipinski definition) is 2. The Morgan fingerprint density at radius 2 is 1.88 bits per heavy atom. The van der Waals surface area contributed by atoms with Gasteiger partial charge in [0.05, 0.1) is 24.9 Å². The monoisotopic (exact) mass is 562 g/mol. The predicted molar refractivity (Wildman–Crippen MR) is 152 cm³/mol. The first-order chi connectivity index (χ1) is 19.8. The molecule has 2 N–H and O–H groups in total. The zero-order valence-electron chi connectivity index (χ0n) is 23.3. The van der Waals surface area contributed by atoms with Crippen molar-refractivity contribution in [2.75, 3.05) is 13.2 Å². The molecule has 0 saturated heterocycles. The summed E-state index contributed by atoms with van der Waals surface area (Å²) in [6.07, 6.45) is 5.30. The number of alkyl carbamates (subject to hydrolysis) is 1. The normalized spacial score (nSPS) is 12.4. The molecule has 0 fully saturated rings. The van der Waals surface area contributed by atoms with Gasteiger partial charge in [-0.1, -0.05) is 6.07 Å². The molecule has 4 rings (SSSR count). The van der Waals surface area contributed by atoms with E-state index in [2.05, 4.69) is 15.3 Å². The quantitative estimate of drug-likeness (QED) is 0.292. The highest BCUT2D eigenvalue weighted by atomic mass is 16.7. The number of benzene rings is 2. The maximum atomic E-state index is 12.0. The average Bonchev–Trinajstić information content (AvgIpc) is 3.32. The summed E-state index contributed by atoms with van der Waals surface area (Å²) in [4.78, 5) is 37.5. The number of carbonyl (C=O) groups is 2. The van der Waals surface area contributed by atoms with Gasteiger partial charge in [0.2, 0.25) is 5.89 Å². The molecule has 1 aliphatic rings. The number of nitrogens with one attached hydrogen (secondary N) is 1. The second kappa shape index (κ2) is 14.0. The minimum Gasteiger partial charge on any atom is -0.493 e. The van der Waals surface area contributed by atoms with Crippen LogP contribution in [0.1, 0.15) is 42.8 Å². The van der Waals surface area contributed by atoms with Crippen molar-refractivity contribution in [3.05, 3.63) is 77.3 Å². The van der Waals surface area contributed by atoms with E-state index in [0.717, 1.165) is 22.4 Å². The molecule has 1 aliphatic heterocycles. The molecular weight excluding hydrogens is 528 g/mol. The van der Waals surface area contributed by atoms with Crippen LogP contribution in [-0.2, 0) is 28.9 Å². The molecule has 0 spiro atoms. The number of rotatable bonds is 13. The van der Waals surface area contributed by atoms with E-state index in [9.17, 15) is 9.59 Å². The Morgan fingerprint density at radius 1 is 1.10 bits per heavy atom. The Labute approximate surface area is 238 Å². The topological polar surface area (TPSA) is 136 Å². The van der Waals surface area contributed by atoms with E-state index >= 15 is 0 Å². The Bertz CT molecular complexity index is 1400. The number of ether oxygens (including phenoxy) is 2. The van der Waals surface area contributed by atoms with Crippen molar-refractivity contribution in [1.82, 2.24) is 15.4 Å². The lowest BCUT2D eigenvalue weighted by molar-refractivity contribution is -0.136. The fourth-order valence-corrected chi connectivity index (χ4v) is 4.04. The third kappa shape index (κ3) is 8.85. The average molecular weight is 563 g/mol. The molecule has 1 amide bonds. The summed E-state index contributed by atoms with van der Waals surface area (Å²) in [5.74, 6) is 1.60. The van der Waals surface area contributed by atoms with Crippen molar-refractivity contribution in [3.63, 3.8) is 0 Å². The minimum absolute atomic E-state index is 0.0158. The fourth-order valence-electron chi connectivity index (χ4n) is 4.04. The van der Waals surface area contributed by atoms with Crippen molar-refractivity contribution in [1.29, 1.82) is 0 Å². The van der Waals surface area contributed by atoms with Crippen LogP contribution in [-0.4, -0.2) is 52.8 Å². The summed E-state index contributed by atoms with van der Waals surface area (Å²) < 4.78 is 17.0. The molecule has 41 heavy (non-hydrogen) atoms. The minimum atomic E-state index is -0.889.